The third-order valence-electron chi connectivity index (χ3n) is 5.07. The summed E-state index contributed by atoms with van der Waals surface area (Å²) in [6, 6.07) is 22.7. The Morgan fingerprint density at radius 3 is 2.55 bits per heavy atom. The summed E-state index contributed by atoms with van der Waals surface area (Å²) in [6.07, 6.45) is 0.954. The zero-order chi connectivity index (χ0) is 21.6. The van der Waals surface area contributed by atoms with Crippen LogP contribution in [0.4, 0.5) is 11.4 Å². The zero-order valence-corrected chi connectivity index (χ0v) is 17.3. The second-order valence-corrected chi connectivity index (χ2v) is 7.27. The summed E-state index contributed by atoms with van der Waals surface area (Å²) >= 11 is 0. The first-order valence-electron chi connectivity index (χ1n) is 10.2. The summed E-state index contributed by atoms with van der Waals surface area (Å²) in [5.74, 6) is 0.837. The molecule has 6 nitrogen and oxygen atoms in total. The summed E-state index contributed by atoms with van der Waals surface area (Å²) in [6.45, 7) is 2.42. The maximum atomic E-state index is 12.4. The van der Waals surface area contributed by atoms with E-state index in [1.54, 1.807) is 23.1 Å². The average molecular weight is 416 g/mol. The molecule has 0 spiro atoms. The minimum Gasteiger partial charge on any atom is -0.484 e. The predicted octanol–water partition coefficient (Wildman–Crippen LogP) is 4.19. The Morgan fingerprint density at radius 2 is 1.81 bits per heavy atom. The molecular formula is C25H24N2O4. The van der Waals surface area contributed by atoms with Crippen LogP contribution in [0.2, 0.25) is 0 Å². The first-order valence-corrected chi connectivity index (χ1v) is 10.2. The van der Waals surface area contributed by atoms with Crippen molar-refractivity contribution in [1.82, 2.24) is 0 Å². The summed E-state index contributed by atoms with van der Waals surface area (Å²) in [5, 5.41) is 2.81. The van der Waals surface area contributed by atoms with Crippen molar-refractivity contribution in [1.29, 1.82) is 0 Å². The van der Waals surface area contributed by atoms with Gasteiger partial charge in [-0.2, -0.15) is 0 Å². The molecule has 3 aromatic carbocycles. The highest BCUT2D eigenvalue weighted by Gasteiger charge is 2.26. The van der Waals surface area contributed by atoms with Crippen LogP contribution in [0.25, 0.3) is 0 Å². The molecular weight excluding hydrogens is 392 g/mol. The van der Waals surface area contributed by atoms with E-state index < -0.39 is 0 Å². The fraction of sp³-hybridized carbons (Fsp3) is 0.200. The van der Waals surface area contributed by atoms with Gasteiger partial charge in [-0.25, -0.2) is 0 Å². The normalized spacial score (nSPS) is 12.7. The Labute approximate surface area is 181 Å². The van der Waals surface area contributed by atoms with Gasteiger partial charge in [0.15, 0.2) is 13.2 Å². The highest BCUT2D eigenvalue weighted by molar-refractivity contribution is 5.99. The molecule has 0 fully saturated rings. The molecule has 0 aromatic heterocycles. The minimum absolute atomic E-state index is 0.0336. The van der Waals surface area contributed by atoms with E-state index in [1.165, 1.54) is 5.56 Å². The number of carbonyl (C=O) groups is 2. The maximum absolute atomic E-state index is 12.4. The van der Waals surface area contributed by atoms with Gasteiger partial charge in [-0.3, -0.25) is 9.59 Å². The molecule has 6 heteroatoms. The second-order valence-electron chi connectivity index (χ2n) is 7.27. The number of ether oxygens (including phenoxy) is 2. The summed E-state index contributed by atoms with van der Waals surface area (Å²) in [5.41, 5.74) is 3.52. The van der Waals surface area contributed by atoms with Crippen LogP contribution in [-0.2, 0) is 22.6 Å². The standard InChI is InChI=1S/C25H24N2O4/c1-2-18-8-11-21(12-9-18)30-16-24(28)26-20-10-13-22-23(14-20)31-17-25(29)27(22)15-19-6-4-3-5-7-19/h3-14H,2,15-17H2,1H3,(H,26,28). The van der Waals surface area contributed by atoms with Gasteiger partial charge in [0.1, 0.15) is 11.5 Å². The molecule has 1 N–H and O–H groups in total. The summed E-state index contributed by atoms with van der Waals surface area (Å²) < 4.78 is 11.2. The number of carbonyl (C=O) groups excluding carboxylic acids is 2. The van der Waals surface area contributed by atoms with Crippen LogP contribution in [-0.4, -0.2) is 25.0 Å². The molecule has 31 heavy (non-hydrogen) atoms. The van der Waals surface area contributed by atoms with Gasteiger partial charge >= 0.3 is 0 Å². The Hall–Kier alpha value is -3.80. The molecule has 1 aliphatic rings. The van der Waals surface area contributed by atoms with E-state index in [1.807, 2.05) is 54.6 Å². The minimum atomic E-state index is -0.271. The number of nitrogens with one attached hydrogen (secondary N) is 1. The average Bonchev–Trinajstić information content (AvgIpc) is 2.80. The third-order valence-corrected chi connectivity index (χ3v) is 5.07. The number of benzene rings is 3. The van der Waals surface area contributed by atoms with E-state index in [9.17, 15) is 9.59 Å². The van der Waals surface area contributed by atoms with Crippen LogP contribution >= 0.6 is 0 Å². The van der Waals surface area contributed by atoms with Crippen molar-refractivity contribution in [3.8, 4) is 11.5 Å². The van der Waals surface area contributed by atoms with Crippen LogP contribution in [0.3, 0.4) is 0 Å². The fourth-order valence-corrected chi connectivity index (χ4v) is 3.39. The highest BCUT2D eigenvalue weighted by atomic mass is 16.5. The van der Waals surface area contributed by atoms with Crippen LogP contribution < -0.4 is 19.7 Å². The largest absolute Gasteiger partial charge is 0.484 e. The summed E-state index contributed by atoms with van der Waals surface area (Å²) in [7, 11) is 0. The van der Waals surface area contributed by atoms with Crippen molar-refractivity contribution >= 4 is 23.2 Å². The van der Waals surface area contributed by atoms with Crippen LogP contribution in [0.1, 0.15) is 18.1 Å². The number of hydrogen-bond acceptors (Lipinski definition) is 4. The fourth-order valence-electron chi connectivity index (χ4n) is 3.39. The van der Waals surface area contributed by atoms with Gasteiger partial charge in [0, 0.05) is 11.8 Å². The molecule has 4 rings (SSSR count). The van der Waals surface area contributed by atoms with Crippen LogP contribution in [0, 0.1) is 0 Å². The predicted molar refractivity (Wildman–Crippen MR) is 120 cm³/mol. The molecule has 1 aliphatic heterocycles. The molecule has 0 aliphatic carbocycles. The molecule has 0 atom stereocenters. The number of fused-ring (bicyclic) bond motifs is 1. The Balaban J connectivity index is 1.40. The van der Waals surface area contributed by atoms with E-state index in [2.05, 4.69) is 12.2 Å². The van der Waals surface area contributed by atoms with Crippen LogP contribution in [0.15, 0.2) is 72.8 Å². The third kappa shape index (κ3) is 5.04. The van der Waals surface area contributed by atoms with Gasteiger partial charge in [0.05, 0.1) is 12.2 Å². The van der Waals surface area contributed by atoms with Gasteiger partial charge in [0.25, 0.3) is 11.8 Å². The van der Waals surface area contributed by atoms with Crippen molar-refractivity contribution in [2.24, 2.45) is 0 Å². The van der Waals surface area contributed by atoms with Gasteiger partial charge in [0.2, 0.25) is 0 Å². The SMILES string of the molecule is CCc1ccc(OCC(=O)Nc2ccc3c(c2)OCC(=O)N3Cc2ccccc2)cc1. The number of nitrogens with zero attached hydrogens (tertiary/aromatic N) is 1. The Morgan fingerprint density at radius 1 is 1.03 bits per heavy atom. The second kappa shape index (κ2) is 9.34. The monoisotopic (exact) mass is 416 g/mol. The topological polar surface area (TPSA) is 67.9 Å². The van der Waals surface area contributed by atoms with Crippen molar-refractivity contribution in [3.63, 3.8) is 0 Å². The van der Waals surface area contributed by atoms with E-state index in [0.717, 1.165) is 12.0 Å². The van der Waals surface area contributed by atoms with E-state index in [-0.39, 0.29) is 25.0 Å². The van der Waals surface area contributed by atoms with Crippen molar-refractivity contribution in [3.05, 3.63) is 83.9 Å². The van der Waals surface area contributed by atoms with E-state index in [0.29, 0.717) is 29.4 Å². The first kappa shape index (κ1) is 20.5. The quantitative estimate of drug-likeness (QED) is 0.627. The lowest BCUT2D eigenvalue weighted by atomic mass is 10.1. The van der Waals surface area contributed by atoms with Gasteiger partial charge < -0.3 is 19.7 Å². The highest BCUT2D eigenvalue weighted by Crippen LogP contribution is 2.35. The first-order chi connectivity index (χ1) is 15.1. The lowest BCUT2D eigenvalue weighted by Crippen LogP contribution is -2.38. The smallest absolute Gasteiger partial charge is 0.265 e. The van der Waals surface area contributed by atoms with Gasteiger partial charge in [-0.15, -0.1) is 0 Å². The molecule has 0 bridgehead atoms. The maximum Gasteiger partial charge on any atom is 0.265 e. The number of anilines is 2. The van der Waals surface area contributed by atoms with Crippen molar-refractivity contribution in [2.45, 2.75) is 19.9 Å². The lowest BCUT2D eigenvalue weighted by molar-refractivity contribution is -0.121. The van der Waals surface area contributed by atoms with Gasteiger partial charge in [-0.05, 0) is 41.8 Å². The number of amides is 2. The molecule has 3 aromatic rings. The molecule has 158 valence electrons. The number of rotatable bonds is 7. The summed E-state index contributed by atoms with van der Waals surface area (Å²) in [4.78, 5) is 26.4. The van der Waals surface area contributed by atoms with Crippen molar-refractivity contribution < 1.29 is 19.1 Å². The molecule has 0 saturated heterocycles. The van der Waals surface area contributed by atoms with E-state index >= 15 is 0 Å². The number of hydrogen-bond donors (Lipinski definition) is 1. The van der Waals surface area contributed by atoms with Crippen LogP contribution in [0.5, 0.6) is 11.5 Å². The molecule has 0 unspecified atom stereocenters. The Bertz CT molecular complexity index is 1060. The molecule has 1 heterocycles. The number of aryl methyl sites for hydroxylation is 1. The molecule has 0 radical (unpaired) electrons. The lowest BCUT2D eigenvalue weighted by Gasteiger charge is -2.29. The molecule has 0 saturated carbocycles. The van der Waals surface area contributed by atoms with Crippen molar-refractivity contribution in [2.75, 3.05) is 23.4 Å². The van der Waals surface area contributed by atoms with E-state index in [4.69, 9.17) is 9.47 Å². The Kier molecular flexibility index (Phi) is 6.17. The molecule has 2 amide bonds. The van der Waals surface area contributed by atoms with Gasteiger partial charge in [-0.1, -0.05) is 49.4 Å². The zero-order valence-electron chi connectivity index (χ0n) is 17.3.